The average molecular weight is 303 g/mol. The van der Waals surface area contributed by atoms with E-state index in [2.05, 4.69) is 20.5 Å². The van der Waals surface area contributed by atoms with Crippen LogP contribution in [-0.4, -0.2) is 33.5 Å². The molecule has 0 spiro atoms. The van der Waals surface area contributed by atoms with Crippen molar-refractivity contribution in [3.8, 4) is 0 Å². The lowest BCUT2D eigenvalue weighted by Gasteiger charge is -2.17. The maximum absolute atomic E-state index is 13.6. The SMILES string of the molecule is Cc1ccc(N2CC(C(=O)Nc3ncn[nH]3)CC2=O)cc1F. The summed E-state index contributed by atoms with van der Waals surface area (Å²) in [5.74, 6) is -1.18. The summed E-state index contributed by atoms with van der Waals surface area (Å²) in [5.41, 5.74) is 0.970. The number of hydrogen-bond donors (Lipinski definition) is 2. The summed E-state index contributed by atoms with van der Waals surface area (Å²) in [4.78, 5) is 29.4. The number of aromatic nitrogens is 3. The van der Waals surface area contributed by atoms with E-state index in [0.29, 0.717) is 11.3 Å². The zero-order valence-corrected chi connectivity index (χ0v) is 11.8. The Morgan fingerprint density at radius 3 is 3.00 bits per heavy atom. The van der Waals surface area contributed by atoms with Crippen LogP contribution >= 0.6 is 0 Å². The molecule has 7 nitrogen and oxygen atoms in total. The summed E-state index contributed by atoms with van der Waals surface area (Å²) in [7, 11) is 0. The third kappa shape index (κ3) is 2.67. The number of amides is 2. The van der Waals surface area contributed by atoms with Crippen molar-refractivity contribution in [1.29, 1.82) is 0 Å². The van der Waals surface area contributed by atoms with Crippen LogP contribution in [0.15, 0.2) is 24.5 Å². The van der Waals surface area contributed by atoms with Crippen LogP contribution in [0.5, 0.6) is 0 Å². The van der Waals surface area contributed by atoms with E-state index in [4.69, 9.17) is 0 Å². The molecule has 1 unspecified atom stereocenters. The Hall–Kier alpha value is -2.77. The fourth-order valence-electron chi connectivity index (χ4n) is 2.37. The molecule has 22 heavy (non-hydrogen) atoms. The zero-order chi connectivity index (χ0) is 15.7. The molecule has 2 heterocycles. The Kier molecular flexibility index (Phi) is 3.58. The second-order valence-corrected chi connectivity index (χ2v) is 5.16. The molecule has 0 bridgehead atoms. The molecule has 2 amide bonds. The highest BCUT2D eigenvalue weighted by molar-refractivity contribution is 6.03. The van der Waals surface area contributed by atoms with Crippen LogP contribution in [0, 0.1) is 18.7 Å². The molecule has 1 saturated heterocycles. The predicted molar refractivity (Wildman–Crippen MR) is 76.6 cm³/mol. The predicted octanol–water partition coefficient (Wildman–Crippen LogP) is 1.24. The first-order valence-corrected chi connectivity index (χ1v) is 6.77. The second-order valence-electron chi connectivity index (χ2n) is 5.16. The Morgan fingerprint density at radius 2 is 2.32 bits per heavy atom. The summed E-state index contributed by atoms with van der Waals surface area (Å²) < 4.78 is 13.6. The van der Waals surface area contributed by atoms with Gasteiger partial charge in [-0.1, -0.05) is 6.07 Å². The minimum Gasteiger partial charge on any atom is -0.311 e. The Labute approximate surface area is 125 Å². The number of halogens is 1. The lowest BCUT2D eigenvalue weighted by Crippen LogP contribution is -2.28. The van der Waals surface area contributed by atoms with Gasteiger partial charge in [0.05, 0.1) is 5.92 Å². The van der Waals surface area contributed by atoms with Crippen molar-refractivity contribution in [1.82, 2.24) is 15.2 Å². The topological polar surface area (TPSA) is 91.0 Å². The van der Waals surface area contributed by atoms with Crippen LogP contribution in [0.4, 0.5) is 16.0 Å². The highest BCUT2D eigenvalue weighted by Gasteiger charge is 2.35. The number of H-pyrrole nitrogens is 1. The molecule has 1 fully saturated rings. The van der Waals surface area contributed by atoms with E-state index >= 15 is 0 Å². The van der Waals surface area contributed by atoms with Crippen molar-refractivity contribution in [3.05, 3.63) is 35.9 Å². The van der Waals surface area contributed by atoms with Gasteiger partial charge in [0.2, 0.25) is 17.8 Å². The molecule has 2 aromatic rings. The molecular formula is C14H14FN5O2. The van der Waals surface area contributed by atoms with E-state index in [9.17, 15) is 14.0 Å². The first kappa shape index (κ1) is 14.2. The van der Waals surface area contributed by atoms with Gasteiger partial charge >= 0.3 is 0 Å². The number of hydrogen-bond acceptors (Lipinski definition) is 4. The Balaban J connectivity index is 1.72. The Morgan fingerprint density at radius 1 is 1.50 bits per heavy atom. The van der Waals surface area contributed by atoms with Crippen LogP contribution in [0.3, 0.4) is 0 Å². The number of nitrogens with one attached hydrogen (secondary N) is 2. The van der Waals surface area contributed by atoms with Crippen LogP contribution in [0.2, 0.25) is 0 Å². The summed E-state index contributed by atoms with van der Waals surface area (Å²) in [5, 5.41) is 8.70. The highest BCUT2D eigenvalue weighted by Crippen LogP contribution is 2.27. The molecule has 1 atom stereocenters. The van der Waals surface area contributed by atoms with Crippen molar-refractivity contribution in [2.24, 2.45) is 5.92 Å². The summed E-state index contributed by atoms with van der Waals surface area (Å²) in [6, 6.07) is 4.59. The number of carbonyl (C=O) groups is 2. The lowest BCUT2D eigenvalue weighted by molar-refractivity contribution is -0.122. The van der Waals surface area contributed by atoms with E-state index in [-0.39, 0.29) is 36.5 Å². The van der Waals surface area contributed by atoms with Gasteiger partial charge in [0.25, 0.3) is 0 Å². The van der Waals surface area contributed by atoms with Gasteiger partial charge in [-0.25, -0.2) is 9.49 Å². The van der Waals surface area contributed by atoms with Gasteiger partial charge in [-0.05, 0) is 24.6 Å². The molecule has 1 aromatic carbocycles. The van der Waals surface area contributed by atoms with Gasteiger partial charge in [-0.3, -0.25) is 14.9 Å². The van der Waals surface area contributed by atoms with Crippen LogP contribution in [0.25, 0.3) is 0 Å². The lowest BCUT2D eigenvalue weighted by atomic mass is 10.1. The molecule has 0 saturated carbocycles. The molecule has 2 N–H and O–H groups in total. The van der Waals surface area contributed by atoms with Gasteiger partial charge in [-0.15, -0.1) is 0 Å². The van der Waals surface area contributed by atoms with Crippen molar-refractivity contribution in [2.45, 2.75) is 13.3 Å². The smallest absolute Gasteiger partial charge is 0.232 e. The molecule has 1 aliphatic heterocycles. The largest absolute Gasteiger partial charge is 0.311 e. The Bertz CT molecular complexity index is 716. The monoisotopic (exact) mass is 303 g/mol. The van der Waals surface area contributed by atoms with Crippen molar-refractivity contribution >= 4 is 23.5 Å². The van der Waals surface area contributed by atoms with E-state index in [0.717, 1.165) is 0 Å². The van der Waals surface area contributed by atoms with Crippen molar-refractivity contribution in [3.63, 3.8) is 0 Å². The minimum atomic E-state index is -0.512. The second kappa shape index (κ2) is 5.55. The number of rotatable bonds is 3. The molecule has 1 aliphatic rings. The van der Waals surface area contributed by atoms with E-state index < -0.39 is 5.92 Å². The first-order valence-electron chi connectivity index (χ1n) is 6.77. The normalized spacial score (nSPS) is 17.8. The zero-order valence-electron chi connectivity index (χ0n) is 11.8. The highest BCUT2D eigenvalue weighted by atomic mass is 19.1. The summed E-state index contributed by atoms with van der Waals surface area (Å²) in [6.07, 6.45) is 1.35. The number of aromatic amines is 1. The average Bonchev–Trinajstić information content (AvgIpc) is 3.11. The number of aryl methyl sites for hydroxylation is 1. The van der Waals surface area contributed by atoms with Crippen molar-refractivity contribution < 1.29 is 14.0 Å². The van der Waals surface area contributed by atoms with Gasteiger partial charge in [0.15, 0.2) is 0 Å². The fraction of sp³-hybridized carbons (Fsp3) is 0.286. The number of carbonyl (C=O) groups excluding carboxylic acids is 2. The standard InChI is InChI=1S/C14H14FN5O2/c1-8-2-3-10(5-11(8)15)20-6-9(4-12(20)21)13(22)18-14-16-7-17-19-14/h2-3,5,7,9H,4,6H2,1H3,(H2,16,17,18,19,22). The van der Waals surface area contributed by atoms with Crippen molar-refractivity contribution in [2.75, 3.05) is 16.8 Å². The molecule has 3 rings (SSSR count). The molecule has 1 aromatic heterocycles. The number of anilines is 2. The van der Waals surface area contributed by atoms with Gasteiger partial charge in [-0.2, -0.15) is 10.1 Å². The third-order valence-electron chi connectivity index (χ3n) is 3.62. The summed E-state index contributed by atoms with van der Waals surface area (Å²) >= 11 is 0. The number of nitrogens with zero attached hydrogens (tertiary/aromatic N) is 3. The maximum atomic E-state index is 13.6. The van der Waals surface area contributed by atoms with Gasteiger partial charge in [0, 0.05) is 18.7 Å². The van der Waals surface area contributed by atoms with Crippen LogP contribution in [-0.2, 0) is 9.59 Å². The third-order valence-corrected chi connectivity index (χ3v) is 3.62. The summed E-state index contributed by atoms with van der Waals surface area (Å²) in [6.45, 7) is 1.86. The molecular weight excluding hydrogens is 289 g/mol. The maximum Gasteiger partial charge on any atom is 0.232 e. The molecule has 114 valence electrons. The molecule has 0 radical (unpaired) electrons. The number of benzene rings is 1. The van der Waals surface area contributed by atoms with E-state index in [1.54, 1.807) is 19.1 Å². The van der Waals surface area contributed by atoms with Gasteiger partial charge in [0.1, 0.15) is 12.1 Å². The van der Waals surface area contributed by atoms with E-state index in [1.807, 2.05) is 0 Å². The first-order chi connectivity index (χ1) is 10.5. The quantitative estimate of drug-likeness (QED) is 0.892. The minimum absolute atomic E-state index is 0.0788. The van der Waals surface area contributed by atoms with Crippen LogP contribution < -0.4 is 10.2 Å². The van der Waals surface area contributed by atoms with E-state index in [1.165, 1.54) is 17.3 Å². The molecule has 0 aliphatic carbocycles. The van der Waals surface area contributed by atoms with Crippen LogP contribution in [0.1, 0.15) is 12.0 Å². The molecule has 8 heteroatoms. The van der Waals surface area contributed by atoms with Gasteiger partial charge < -0.3 is 4.90 Å². The fourth-order valence-corrected chi connectivity index (χ4v) is 2.37.